The molecule has 0 aliphatic carbocycles. The fourth-order valence-electron chi connectivity index (χ4n) is 11.1. The Kier molecular flexibility index (Phi) is 27.7. The number of benzene rings is 4. The van der Waals surface area contributed by atoms with E-state index in [9.17, 15) is 0 Å². The van der Waals surface area contributed by atoms with Crippen LogP contribution in [0.3, 0.4) is 0 Å². The SMILES string of the molecule is CCCCCCCCCCC(CC(C)(CCCCCCCCCC)CCCCCCCCCC)CP(=O)(c1ccccc1-c1c(OC)cccc1OC)c1ccccc1-c1c(OC)cccc1OC. The number of ether oxygens (including phenoxy) is 4. The van der Waals surface area contributed by atoms with Gasteiger partial charge in [-0.15, -0.1) is 0 Å². The van der Waals surface area contributed by atoms with Crippen molar-refractivity contribution in [1.82, 2.24) is 0 Å². The predicted molar refractivity (Wildman–Crippen MR) is 300 cm³/mol. The van der Waals surface area contributed by atoms with Crippen LogP contribution >= 0.6 is 7.14 Å². The summed E-state index contributed by atoms with van der Waals surface area (Å²) >= 11 is 0. The molecule has 0 aromatic heterocycles. The predicted octanol–water partition coefficient (Wildman–Crippen LogP) is 19.0. The largest absolute Gasteiger partial charge is 0.496 e. The van der Waals surface area contributed by atoms with E-state index in [1.54, 1.807) is 28.4 Å². The highest BCUT2D eigenvalue weighted by atomic mass is 31.2. The van der Waals surface area contributed by atoms with E-state index in [1.807, 2.05) is 36.4 Å². The highest BCUT2D eigenvalue weighted by Crippen LogP contribution is 2.55. The van der Waals surface area contributed by atoms with Crippen molar-refractivity contribution in [2.75, 3.05) is 34.6 Å². The van der Waals surface area contributed by atoms with Crippen molar-refractivity contribution in [3.8, 4) is 45.3 Å². The van der Waals surface area contributed by atoms with Crippen LogP contribution in [0.2, 0.25) is 0 Å². The van der Waals surface area contributed by atoms with Gasteiger partial charge in [-0.1, -0.05) is 242 Å². The van der Waals surface area contributed by atoms with Gasteiger partial charge in [0.1, 0.15) is 30.1 Å². The van der Waals surface area contributed by atoms with Crippen LogP contribution in [0.4, 0.5) is 0 Å². The van der Waals surface area contributed by atoms with Crippen LogP contribution in [0.5, 0.6) is 23.0 Å². The van der Waals surface area contributed by atoms with Crippen LogP contribution in [0.15, 0.2) is 84.9 Å². The van der Waals surface area contributed by atoms with E-state index in [1.165, 1.54) is 161 Å². The van der Waals surface area contributed by atoms with Crippen molar-refractivity contribution in [3.63, 3.8) is 0 Å². The lowest BCUT2D eigenvalue weighted by Gasteiger charge is -2.36. The average molecular weight is 965 g/mol. The van der Waals surface area contributed by atoms with Crippen molar-refractivity contribution in [1.29, 1.82) is 0 Å². The molecule has 0 saturated carbocycles. The second kappa shape index (κ2) is 33.1. The molecule has 4 rings (SSSR count). The minimum absolute atomic E-state index is 0.164. The molecule has 0 heterocycles. The molecular weight excluding hydrogens is 868 g/mol. The number of hydrogen-bond donors (Lipinski definition) is 0. The second-order valence-electron chi connectivity index (χ2n) is 20.6. The van der Waals surface area contributed by atoms with Gasteiger partial charge in [0, 0.05) is 27.9 Å². The molecule has 0 radical (unpaired) electrons. The Morgan fingerprint density at radius 2 is 0.739 bits per heavy atom. The van der Waals surface area contributed by atoms with Gasteiger partial charge in [0.25, 0.3) is 0 Å². The Morgan fingerprint density at radius 1 is 0.420 bits per heavy atom. The van der Waals surface area contributed by atoms with E-state index in [0.29, 0.717) is 29.2 Å². The number of rotatable bonds is 39. The first-order valence-corrected chi connectivity index (χ1v) is 29.8. The van der Waals surface area contributed by atoms with Crippen LogP contribution in [-0.4, -0.2) is 34.6 Å². The zero-order valence-electron chi connectivity index (χ0n) is 45.2. The smallest absolute Gasteiger partial charge is 0.144 e. The van der Waals surface area contributed by atoms with Crippen molar-refractivity contribution < 1.29 is 23.5 Å². The summed E-state index contributed by atoms with van der Waals surface area (Å²) in [5, 5.41) is 1.70. The lowest BCUT2D eigenvalue weighted by atomic mass is 9.73. The molecule has 0 amide bonds. The normalized spacial score (nSPS) is 12.3. The third-order valence-corrected chi connectivity index (χ3v) is 18.4. The van der Waals surface area contributed by atoms with Crippen LogP contribution in [0.1, 0.15) is 207 Å². The van der Waals surface area contributed by atoms with E-state index in [0.717, 1.165) is 52.1 Å². The molecule has 0 bridgehead atoms. The monoisotopic (exact) mass is 965 g/mol. The quantitative estimate of drug-likeness (QED) is 0.0329. The summed E-state index contributed by atoms with van der Waals surface area (Å²) in [6.45, 7) is 9.52. The topological polar surface area (TPSA) is 54.0 Å². The fraction of sp³-hybridized carbons (Fsp3) is 0.619. The maximum absolute atomic E-state index is 17.6. The molecule has 1 atom stereocenters. The fourth-order valence-corrected chi connectivity index (χ4v) is 14.6. The molecule has 0 N–H and O–H groups in total. The molecular formula is C63H97O5P. The lowest BCUT2D eigenvalue weighted by Crippen LogP contribution is -2.29. The molecule has 0 spiro atoms. The molecule has 1 unspecified atom stereocenters. The van der Waals surface area contributed by atoms with Gasteiger partial charge in [0.2, 0.25) is 0 Å². The summed E-state index contributed by atoms with van der Waals surface area (Å²) in [6.07, 6.45) is 36.8. The molecule has 4 aromatic carbocycles. The number of methoxy groups -OCH3 is 4. The first-order valence-electron chi connectivity index (χ1n) is 27.9. The van der Waals surface area contributed by atoms with Crippen molar-refractivity contribution in [2.45, 2.75) is 207 Å². The highest BCUT2D eigenvalue weighted by Gasteiger charge is 2.39. The average Bonchev–Trinajstić information content (AvgIpc) is 3.38. The summed E-state index contributed by atoms with van der Waals surface area (Å²) in [7, 11) is 3.36. The molecule has 6 heteroatoms. The van der Waals surface area contributed by atoms with E-state index >= 15 is 4.57 Å². The zero-order valence-corrected chi connectivity index (χ0v) is 46.0. The zero-order chi connectivity index (χ0) is 49.6. The Hall–Kier alpha value is -3.69. The third kappa shape index (κ3) is 18.5. The van der Waals surface area contributed by atoms with Crippen molar-refractivity contribution >= 4 is 17.8 Å². The Balaban J connectivity index is 1.87. The van der Waals surface area contributed by atoms with E-state index in [2.05, 4.69) is 76.2 Å². The molecule has 0 aliphatic rings. The van der Waals surface area contributed by atoms with E-state index < -0.39 is 7.14 Å². The molecule has 384 valence electrons. The standard InChI is InChI=1S/C63H97O5P/c1-9-12-15-18-21-24-27-30-39-52(50-63(4,48-35-28-25-22-19-16-13-10-2)49-36-29-26-23-20-17-14-11-3)51-69(64,59-46-33-31-40-53(59)61-55(65-5)42-37-43-56(61)66-6)60-47-34-32-41-54(60)62-57(67-7)44-38-45-58(62)68-8/h31-34,37-38,40-47,52H,9-30,35-36,39,48-51H2,1-8H3. The van der Waals surface area contributed by atoms with Crippen LogP contribution < -0.4 is 29.6 Å². The van der Waals surface area contributed by atoms with Gasteiger partial charge in [0.15, 0.2) is 0 Å². The minimum atomic E-state index is -3.49. The minimum Gasteiger partial charge on any atom is -0.496 e. The van der Waals surface area contributed by atoms with Crippen molar-refractivity contribution in [2.24, 2.45) is 11.3 Å². The molecule has 0 saturated heterocycles. The Bertz CT molecular complexity index is 1870. The van der Waals surface area contributed by atoms with Gasteiger partial charge in [0.05, 0.1) is 39.6 Å². The van der Waals surface area contributed by atoms with Gasteiger partial charge < -0.3 is 23.5 Å². The summed E-state index contributed by atoms with van der Waals surface area (Å²) in [4.78, 5) is 0. The maximum atomic E-state index is 17.6. The van der Waals surface area contributed by atoms with Crippen LogP contribution in [-0.2, 0) is 4.57 Å². The Morgan fingerprint density at radius 3 is 1.09 bits per heavy atom. The van der Waals surface area contributed by atoms with Gasteiger partial charge in [-0.05, 0) is 61.3 Å². The van der Waals surface area contributed by atoms with Gasteiger partial charge in [-0.3, -0.25) is 0 Å². The maximum Gasteiger partial charge on any atom is 0.144 e. The van der Waals surface area contributed by atoms with Gasteiger partial charge in [-0.25, -0.2) is 0 Å². The molecule has 5 nitrogen and oxygen atoms in total. The number of hydrogen-bond acceptors (Lipinski definition) is 5. The van der Waals surface area contributed by atoms with Crippen LogP contribution in [0, 0.1) is 11.3 Å². The second-order valence-corrected chi connectivity index (χ2v) is 23.4. The summed E-state index contributed by atoms with van der Waals surface area (Å²) in [6, 6.07) is 28.6. The lowest BCUT2D eigenvalue weighted by molar-refractivity contribution is 0.191. The van der Waals surface area contributed by atoms with Crippen LogP contribution in [0.25, 0.3) is 22.3 Å². The molecule has 69 heavy (non-hydrogen) atoms. The van der Waals surface area contributed by atoms with Gasteiger partial charge in [-0.2, -0.15) is 0 Å². The summed E-state index contributed by atoms with van der Waals surface area (Å²) in [5.41, 5.74) is 3.61. The first-order chi connectivity index (χ1) is 33.7. The summed E-state index contributed by atoms with van der Waals surface area (Å²) < 4.78 is 41.9. The van der Waals surface area contributed by atoms with E-state index in [-0.39, 0.29) is 11.3 Å². The number of unbranched alkanes of at least 4 members (excludes halogenated alkanes) is 21. The Labute approximate surface area is 423 Å². The van der Waals surface area contributed by atoms with E-state index in [4.69, 9.17) is 18.9 Å². The van der Waals surface area contributed by atoms with Gasteiger partial charge >= 0.3 is 0 Å². The first kappa shape index (κ1) is 57.9. The summed E-state index contributed by atoms with van der Waals surface area (Å²) in [5.74, 6) is 3.06. The molecule has 0 aliphatic heterocycles. The van der Waals surface area contributed by atoms with Crippen molar-refractivity contribution in [3.05, 3.63) is 84.9 Å². The molecule has 0 fully saturated rings. The molecule has 4 aromatic rings. The third-order valence-electron chi connectivity index (χ3n) is 15.0. The highest BCUT2D eigenvalue weighted by molar-refractivity contribution is 7.79.